The highest BCUT2D eigenvalue weighted by molar-refractivity contribution is 7.92. The highest BCUT2D eigenvalue weighted by Gasteiger charge is 2.22. The lowest BCUT2D eigenvalue weighted by molar-refractivity contribution is 0.507. The number of hydrogen-bond acceptors (Lipinski definition) is 3. The lowest BCUT2D eigenvalue weighted by Crippen LogP contribution is -2.13. The average Bonchev–Trinajstić information content (AvgIpc) is 3.07. The Labute approximate surface area is 168 Å². The summed E-state index contributed by atoms with van der Waals surface area (Å²) in [6.07, 6.45) is 4.15. The molecule has 5 rings (SSSR count). The normalized spacial score (nSPS) is 14.3. The van der Waals surface area contributed by atoms with Crippen molar-refractivity contribution in [1.82, 2.24) is 0 Å². The van der Waals surface area contributed by atoms with Crippen molar-refractivity contribution in [2.45, 2.75) is 30.6 Å². The van der Waals surface area contributed by atoms with Crippen molar-refractivity contribution >= 4 is 49.1 Å². The van der Waals surface area contributed by atoms with Gasteiger partial charge in [-0.05, 0) is 49.6 Å². The third kappa shape index (κ3) is 2.86. The molecule has 0 saturated heterocycles. The number of halogens is 1. The Morgan fingerprint density at radius 3 is 2.39 bits per heavy atom. The maximum absolute atomic E-state index is 12.9. The van der Waals surface area contributed by atoms with Crippen molar-refractivity contribution in [3.8, 4) is 0 Å². The van der Waals surface area contributed by atoms with Crippen LogP contribution >= 0.6 is 11.6 Å². The molecule has 1 N–H and O–H groups in total. The summed E-state index contributed by atoms with van der Waals surface area (Å²) in [5.74, 6) is 1.03. The Kier molecular flexibility index (Phi) is 4.11. The van der Waals surface area contributed by atoms with Crippen LogP contribution in [0.25, 0.3) is 21.7 Å². The molecule has 0 bridgehead atoms. The number of hydrogen-bond donors (Lipinski definition) is 1. The molecule has 28 heavy (non-hydrogen) atoms. The predicted molar refractivity (Wildman–Crippen MR) is 113 cm³/mol. The molecule has 4 aromatic rings. The van der Waals surface area contributed by atoms with Crippen LogP contribution in [0.15, 0.2) is 63.9 Å². The second-order valence-electron chi connectivity index (χ2n) is 7.12. The molecule has 1 heterocycles. The Bertz CT molecular complexity index is 1310. The minimum atomic E-state index is -3.73. The first-order valence-corrected chi connectivity index (χ1v) is 11.1. The molecule has 6 heteroatoms. The second-order valence-corrected chi connectivity index (χ2v) is 9.24. The highest BCUT2D eigenvalue weighted by atomic mass is 35.5. The van der Waals surface area contributed by atoms with E-state index in [-0.39, 0.29) is 4.90 Å². The maximum Gasteiger partial charge on any atom is 0.261 e. The van der Waals surface area contributed by atoms with Gasteiger partial charge in [0.25, 0.3) is 10.0 Å². The lowest BCUT2D eigenvalue weighted by Gasteiger charge is -2.12. The van der Waals surface area contributed by atoms with E-state index in [1.807, 2.05) is 30.3 Å². The fourth-order valence-electron chi connectivity index (χ4n) is 3.98. The zero-order valence-corrected chi connectivity index (χ0v) is 16.6. The van der Waals surface area contributed by atoms with Crippen LogP contribution in [0, 0.1) is 0 Å². The van der Waals surface area contributed by atoms with Crippen molar-refractivity contribution < 1.29 is 12.8 Å². The molecule has 0 atom stereocenters. The lowest BCUT2D eigenvalue weighted by atomic mass is 9.94. The van der Waals surface area contributed by atoms with Crippen molar-refractivity contribution in [1.29, 1.82) is 0 Å². The fraction of sp³-hybridized carbons (Fsp3) is 0.182. The van der Waals surface area contributed by atoms with E-state index in [9.17, 15) is 8.42 Å². The number of furan rings is 1. The summed E-state index contributed by atoms with van der Waals surface area (Å²) in [6.45, 7) is 0. The summed E-state index contributed by atoms with van der Waals surface area (Å²) in [4.78, 5) is 0.176. The second kappa shape index (κ2) is 6.54. The molecule has 3 aromatic carbocycles. The first-order chi connectivity index (χ1) is 13.5. The van der Waals surface area contributed by atoms with Crippen LogP contribution in [0.1, 0.15) is 24.2 Å². The van der Waals surface area contributed by atoms with Gasteiger partial charge in [0.1, 0.15) is 11.3 Å². The van der Waals surface area contributed by atoms with Crippen molar-refractivity contribution in [3.63, 3.8) is 0 Å². The zero-order chi connectivity index (χ0) is 19.3. The average molecular weight is 412 g/mol. The van der Waals surface area contributed by atoms with E-state index in [4.69, 9.17) is 16.0 Å². The number of sulfonamides is 1. The van der Waals surface area contributed by atoms with Crippen LogP contribution in [0.5, 0.6) is 0 Å². The van der Waals surface area contributed by atoms with Gasteiger partial charge >= 0.3 is 0 Å². The molecule has 1 aliphatic carbocycles. The Morgan fingerprint density at radius 1 is 0.893 bits per heavy atom. The van der Waals surface area contributed by atoms with Crippen LogP contribution in [-0.2, 0) is 22.9 Å². The summed E-state index contributed by atoms with van der Waals surface area (Å²) in [5.41, 5.74) is 2.61. The minimum Gasteiger partial charge on any atom is -0.460 e. The predicted octanol–water partition coefficient (Wildman–Crippen LogP) is 5.92. The molecule has 142 valence electrons. The van der Waals surface area contributed by atoms with Crippen molar-refractivity contribution in [2.24, 2.45) is 0 Å². The van der Waals surface area contributed by atoms with E-state index >= 15 is 0 Å². The van der Waals surface area contributed by atoms with Crippen LogP contribution in [0.4, 0.5) is 5.69 Å². The molecule has 4 nitrogen and oxygen atoms in total. The van der Waals surface area contributed by atoms with Crippen LogP contribution < -0.4 is 4.72 Å². The summed E-state index contributed by atoms with van der Waals surface area (Å²) in [7, 11) is -3.73. The van der Waals surface area contributed by atoms with Gasteiger partial charge in [-0.25, -0.2) is 8.42 Å². The van der Waals surface area contributed by atoms with E-state index in [2.05, 4.69) is 4.72 Å². The highest BCUT2D eigenvalue weighted by Crippen LogP contribution is 2.39. The smallest absolute Gasteiger partial charge is 0.261 e. The SMILES string of the molecule is O=S(=O)(Nc1cc2c3c(oc2c2ccccc12)CCCC3)c1ccc(Cl)cc1. The molecule has 0 unspecified atom stereocenters. The van der Waals surface area contributed by atoms with Crippen molar-refractivity contribution in [2.75, 3.05) is 4.72 Å². The standard InChI is InChI=1S/C22H18ClNO3S/c23-14-9-11-15(12-10-14)28(25,26)24-20-13-19-17-6-3-4-8-21(17)27-22(19)18-7-2-1-5-16(18)20/h1-2,5,7,9-13,24H,3-4,6,8H2. The Balaban J connectivity index is 1.71. The van der Waals surface area contributed by atoms with Gasteiger partial charge in [0.2, 0.25) is 0 Å². The number of anilines is 1. The summed E-state index contributed by atoms with van der Waals surface area (Å²) in [5, 5.41) is 3.24. The zero-order valence-electron chi connectivity index (χ0n) is 15.0. The van der Waals surface area contributed by atoms with E-state index in [1.54, 1.807) is 12.1 Å². The maximum atomic E-state index is 12.9. The van der Waals surface area contributed by atoms with E-state index < -0.39 is 10.0 Å². The quantitative estimate of drug-likeness (QED) is 0.455. The Hall–Kier alpha value is -2.50. The van der Waals surface area contributed by atoms with Crippen LogP contribution in [0.3, 0.4) is 0 Å². The van der Waals surface area contributed by atoms with E-state index in [0.29, 0.717) is 10.7 Å². The van der Waals surface area contributed by atoms with E-state index in [1.165, 1.54) is 17.7 Å². The van der Waals surface area contributed by atoms with Gasteiger partial charge in [-0.3, -0.25) is 4.72 Å². The first kappa shape index (κ1) is 17.6. The fourth-order valence-corrected chi connectivity index (χ4v) is 5.18. The molecular formula is C22H18ClNO3S. The van der Waals surface area contributed by atoms with E-state index in [0.717, 1.165) is 53.2 Å². The van der Waals surface area contributed by atoms with Gasteiger partial charge in [-0.2, -0.15) is 0 Å². The molecule has 0 radical (unpaired) electrons. The number of aryl methyl sites for hydroxylation is 2. The molecule has 1 aromatic heterocycles. The largest absolute Gasteiger partial charge is 0.460 e. The molecule has 0 amide bonds. The number of rotatable bonds is 3. The number of fused-ring (bicyclic) bond motifs is 5. The number of nitrogens with one attached hydrogen (secondary N) is 1. The van der Waals surface area contributed by atoms with Gasteiger partial charge in [-0.15, -0.1) is 0 Å². The molecule has 0 fully saturated rings. The minimum absolute atomic E-state index is 0.176. The van der Waals surface area contributed by atoms with Crippen LogP contribution in [-0.4, -0.2) is 8.42 Å². The van der Waals surface area contributed by atoms with Gasteiger partial charge < -0.3 is 4.42 Å². The van der Waals surface area contributed by atoms with Gasteiger partial charge in [0.15, 0.2) is 0 Å². The molecular weight excluding hydrogens is 394 g/mol. The van der Waals surface area contributed by atoms with Crippen molar-refractivity contribution in [3.05, 3.63) is 70.9 Å². The molecule has 0 aliphatic heterocycles. The van der Waals surface area contributed by atoms with Gasteiger partial charge in [-0.1, -0.05) is 35.9 Å². The number of benzene rings is 3. The third-order valence-corrected chi connectivity index (χ3v) is 6.96. The monoisotopic (exact) mass is 411 g/mol. The summed E-state index contributed by atoms with van der Waals surface area (Å²) in [6, 6.07) is 15.8. The topological polar surface area (TPSA) is 59.3 Å². The molecule has 0 saturated carbocycles. The Morgan fingerprint density at radius 2 is 1.61 bits per heavy atom. The van der Waals surface area contributed by atoms with Crippen LogP contribution in [0.2, 0.25) is 5.02 Å². The third-order valence-electron chi connectivity index (χ3n) is 5.33. The first-order valence-electron chi connectivity index (χ1n) is 9.27. The summed E-state index contributed by atoms with van der Waals surface area (Å²) < 4.78 is 34.9. The summed E-state index contributed by atoms with van der Waals surface area (Å²) >= 11 is 5.89. The molecule has 0 spiro atoms. The molecule has 1 aliphatic rings. The van der Waals surface area contributed by atoms with Gasteiger partial charge in [0, 0.05) is 33.2 Å². The van der Waals surface area contributed by atoms with Gasteiger partial charge in [0.05, 0.1) is 10.6 Å².